The molecule has 1 fully saturated rings. The third-order valence-electron chi connectivity index (χ3n) is 3.84. The van der Waals surface area contributed by atoms with Crippen LogP contribution in [0.3, 0.4) is 0 Å². The van der Waals surface area contributed by atoms with E-state index in [4.69, 9.17) is 5.73 Å². The summed E-state index contributed by atoms with van der Waals surface area (Å²) in [5, 5.41) is 3.54. The molecule has 4 nitrogen and oxygen atoms in total. The molecule has 118 valence electrons. The maximum Gasteiger partial charge on any atom is 0.191 e. The van der Waals surface area contributed by atoms with Gasteiger partial charge in [0, 0.05) is 24.8 Å². The summed E-state index contributed by atoms with van der Waals surface area (Å²) in [5.74, 6) is 1.16. The van der Waals surface area contributed by atoms with Crippen LogP contribution in [0.4, 0.5) is 5.69 Å². The van der Waals surface area contributed by atoms with Crippen LogP contribution in [0.25, 0.3) is 0 Å². The van der Waals surface area contributed by atoms with Crippen molar-refractivity contribution < 1.29 is 0 Å². The Labute approximate surface area is 145 Å². The Balaban J connectivity index is 0.00000220. The second kappa shape index (κ2) is 8.46. The van der Waals surface area contributed by atoms with E-state index in [0.717, 1.165) is 5.69 Å². The average Bonchev–Trinajstić information content (AvgIpc) is 3.27. The summed E-state index contributed by atoms with van der Waals surface area (Å²) in [6.07, 6.45) is 2.48. The van der Waals surface area contributed by atoms with Crippen molar-refractivity contribution in [1.82, 2.24) is 4.90 Å². The van der Waals surface area contributed by atoms with Crippen LogP contribution in [0.15, 0.2) is 35.3 Å². The minimum atomic E-state index is 0. The molecule has 0 spiro atoms. The number of aliphatic imine (C=N–C) groups is 1. The van der Waals surface area contributed by atoms with Gasteiger partial charge in [-0.05, 0) is 30.9 Å². The summed E-state index contributed by atoms with van der Waals surface area (Å²) in [5.41, 5.74) is 7.18. The topological polar surface area (TPSA) is 53.6 Å². The van der Waals surface area contributed by atoms with E-state index >= 15 is 0 Å². The third-order valence-corrected chi connectivity index (χ3v) is 3.84. The lowest BCUT2D eigenvalue weighted by Gasteiger charge is -2.23. The second-order valence-electron chi connectivity index (χ2n) is 5.90. The molecule has 0 amide bonds. The highest BCUT2D eigenvalue weighted by atomic mass is 127. The highest BCUT2D eigenvalue weighted by molar-refractivity contribution is 14.0. The molecule has 0 radical (unpaired) electrons. The van der Waals surface area contributed by atoms with Crippen LogP contribution >= 0.6 is 24.0 Å². The van der Waals surface area contributed by atoms with Gasteiger partial charge in [0.1, 0.15) is 0 Å². The summed E-state index contributed by atoms with van der Waals surface area (Å²) < 4.78 is 0. The number of halogens is 1. The maximum atomic E-state index is 6.05. The molecule has 0 aliphatic heterocycles. The second-order valence-corrected chi connectivity index (χ2v) is 5.90. The Morgan fingerprint density at radius 3 is 2.48 bits per heavy atom. The summed E-state index contributed by atoms with van der Waals surface area (Å²) in [7, 11) is 2.03. The van der Waals surface area contributed by atoms with Gasteiger partial charge >= 0.3 is 0 Å². The Kier molecular flexibility index (Phi) is 7.28. The molecule has 1 saturated carbocycles. The first-order valence-corrected chi connectivity index (χ1v) is 7.42. The molecule has 1 unspecified atom stereocenters. The van der Waals surface area contributed by atoms with Crippen LogP contribution in [0.5, 0.6) is 0 Å². The standard InChI is InChI=1S/C16H26N4.HI/c1-12(2)15(19-13-7-5-4-6-8-13)11-18-16(17)20(3)14-9-10-14;/h4-8,12,14-15,19H,9-11H2,1-3H3,(H2,17,18);1H. The smallest absolute Gasteiger partial charge is 0.191 e. The Morgan fingerprint density at radius 2 is 1.95 bits per heavy atom. The molecule has 1 aromatic rings. The highest BCUT2D eigenvalue weighted by Crippen LogP contribution is 2.24. The zero-order valence-corrected chi connectivity index (χ0v) is 15.5. The largest absolute Gasteiger partial charge is 0.380 e. The number of nitrogens with zero attached hydrogens (tertiary/aromatic N) is 2. The first-order chi connectivity index (χ1) is 9.58. The number of hydrogen-bond donors (Lipinski definition) is 2. The van der Waals surface area contributed by atoms with Gasteiger partial charge < -0.3 is 16.0 Å². The third kappa shape index (κ3) is 5.73. The number of nitrogens with one attached hydrogen (secondary N) is 1. The fourth-order valence-corrected chi connectivity index (χ4v) is 2.12. The van der Waals surface area contributed by atoms with Crippen LogP contribution in [-0.4, -0.2) is 36.5 Å². The summed E-state index contributed by atoms with van der Waals surface area (Å²) in [6.45, 7) is 5.11. The van der Waals surface area contributed by atoms with E-state index in [1.54, 1.807) is 0 Å². The van der Waals surface area contributed by atoms with Crippen molar-refractivity contribution in [2.24, 2.45) is 16.6 Å². The fourth-order valence-electron chi connectivity index (χ4n) is 2.12. The quantitative estimate of drug-likeness (QED) is 0.437. The molecule has 1 aliphatic carbocycles. The van der Waals surface area contributed by atoms with Gasteiger partial charge in [0.05, 0.1) is 6.54 Å². The van der Waals surface area contributed by atoms with Crippen molar-refractivity contribution in [2.45, 2.75) is 38.8 Å². The highest BCUT2D eigenvalue weighted by Gasteiger charge is 2.27. The zero-order valence-electron chi connectivity index (χ0n) is 13.1. The van der Waals surface area contributed by atoms with Crippen LogP contribution in [0.1, 0.15) is 26.7 Å². The van der Waals surface area contributed by atoms with Crippen LogP contribution in [-0.2, 0) is 0 Å². The number of benzene rings is 1. The molecule has 0 aromatic heterocycles. The van der Waals surface area contributed by atoms with Crippen LogP contribution in [0.2, 0.25) is 0 Å². The Morgan fingerprint density at radius 1 is 1.33 bits per heavy atom. The van der Waals surface area contributed by atoms with Gasteiger partial charge in [-0.1, -0.05) is 32.0 Å². The minimum Gasteiger partial charge on any atom is -0.380 e. The SMILES string of the molecule is CC(C)C(CN=C(N)N(C)C1CC1)Nc1ccccc1.I. The monoisotopic (exact) mass is 402 g/mol. The van der Waals surface area contributed by atoms with E-state index in [-0.39, 0.29) is 24.0 Å². The lowest BCUT2D eigenvalue weighted by molar-refractivity contribution is 0.479. The molecule has 0 bridgehead atoms. The average molecular weight is 402 g/mol. The molecule has 1 aromatic carbocycles. The predicted octanol–water partition coefficient (Wildman–Crippen LogP) is 3.15. The van der Waals surface area contributed by atoms with E-state index in [2.05, 4.69) is 41.2 Å². The molecular formula is C16H27IN4. The molecular weight excluding hydrogens is 375 g/mol. The molecule has 0 saturated heterocycles. The molecule has 2 rings (SSSR count). The maximum absolute atomic E-state index is 6.05. The lowest BCUT2D eigenvalue weighted by Crippen LogP contribution is -2.37. The number of rotatable bonds is 6. The van der Waals surface area contributed by atoms with E-state index in [1.165, 1.54) is 12.8 Å². The normalized spacial score (nSPS) is 16.3. The van der Waals surface area contributed by atoms with Crippen molar-refractivity contribution in [1.29, 1.82) is 0 Å². The molecule has 3 N–H and O–H groups in total. The first-order valence-electron chi connectivity index (χ1n) is 7.42. The van der Waals surface area contributed by atoms with Gasteiger partial charge in [-0.2, -0.15) is 0 Å². The summed E-state index contributed by atoms with van der Waals surface area (Å²) in [4.78, 5) is 6.66. The predicted molar refractivity (Wildman–Crippen MR) is 101 cm³/mol. The van der Waals surface area contributed by atoms with Gasteiger partial charge in [0.2, 0.25) is 0 Å². The number of anilines is 1. The number of nitrogens with two attached hydrogens (primary N) is 1. The minimum absolute atomic E-state index is 0. The number of hydrogen-bond acceptors (Lipinski definition) is 2. The van der Waals surface area contributed by atoms with Crippen molar-refractivity contribution in [3.8, 4) is 0 Å². The summed E-state index contributed by atoms with van der Waals surface area (Å²) in [6, 6.07) is 11.2. The van der Waals surface area contributed by atoms with Gasteiger partial charge in [0.15, 0.2) is 5.96 Å². The Hall–Kier alpha value is -0.980. The first kappa shape index (κ1) is 18.1. The van der Waals surface area contributed by atoms with E-state index < -0.39 is 0 Å². The van der Waals surface area contributed by atoms with Crippen molar-refractivity contribution >= 4 is 35.6 Å². The van der Waals surface area contributed by atoms with Crippen molar-refractivity contribution in [3.63, 3.8) is 0 Å². The summed E-state index contributed by atoms with van der Waals surface area (Å²) >= 11 is 0. The molecule has 1 atom stereocenters. The van der Waals surface area contributed by atoms with E-state index in [0.29, 0.717) is 30.5 Å². The van der Waals surface area contributed by atoms with E-state index in [1.807, 2.05) is 25.2 Å². The molecule has 5 heteroatoms. The van der Waals surface area contributed by atoms with Gasteiger partial charge in [-0.3, -0.25) is 4.99 Å². The number of para-hydroxylation sites is 1. The van der Waals surface area contributed by atoms with Crippen LogP contribution < -0.4 is 11.1 Å². The zero-order chi connectivity index (χ0) is 14.5. The molecule has 0 heterocycles. The van der Waals surface area contributed by atoms with Gasteiger partial charge in [0.25, 0.3) is 0 Å². The molecule has 1 aliphatic rings. The van der Waals surface area contributed by atoms with Gasteiger partial charge in [-0.25, -0.2) is 0 Å². The van der Waals surface area contributed by atoms with Crippen molar-refractivity contribution in [2.75, 3.05) is 18.9 Å². The van der Waals surface area contributed by atoms with Crippen molar-refractivity contribution in [3.05, 3.63) is 30.3 Å². The van der Waals surface area contributed by atoms with Gasteiger partial charge in [-0.15, -0.1) is 24.0 Å². The van der Waals surface area contributed by atoms with E-state index in [9.17, 15) is 0 Å². The van der Waals surface area contributed by atoms with Crippen LogP contribution in [0, 0.1) is 5.92 Å². The Bertz CT molecular complexity index is 443. The number of guanidine groups is 1. The fraction of sp³-hybridized carbons (Fsp3) is 0.562. The molecule has 21 heavy (non-hydrogen) atoms. The lowest BCUT2D eigenvalue weighted by atomic mass is 10.0.